The summed E-state index contributed by atoms with van der Waals surface area (Å²) in [4.78, 5) is 0. The molecule has 1 rings (SSSR count). The van der Waals surface area contributed by atoms with Gasteiger partial charge in [0.15, 0.2) is 0 Å². The molecule has 0 bridgehead atoms. The van der Waals surface area contributed by atoms with Gasteiger partial charge in [0, 0.05) is 0 Å². The highest BCUT2D eigenvalue weighted by atomic mass is 14.6. The normalized spacial score (nSPS) is 14.8. The molecular weight excluding hydrogens is 232 g/mol. The van der Waals surface area contributed by atoms with Crippen molar-refractivity contribution in [2.45, 2.75) is 47.5 Å². The Morgan fingerprint density at radius 3 is 1.68 bits per heavy atom. The lowest BCUT2D eigenvalue weighted by molar-refractivity contribution is 0.327. The summed E-state index contributed by atoms with van der Waals surface area (Å²) in [6.45, 7) is 14.8. The van der Waals surface area contributed by atoms with Crippen LogP contribution in [0.25, 0.3) is 0 Å². The third-order valence-corrected chi connectivity index (χ3v) is 5.02. The van der Waals surface area contributed by atoms with Crippen molar-refractivity contribution in [3.63, 3.8) is 0 Å². The summed E-state index contributed by atoms with van der Waals surface area (Å²) in [5.41, 5.74) is 18.8. The van der Waals surface area contributed by atoms with Gasteiger partial charge in [-0.1, -0.05) is 19.9 Å². The predicted octanol–water partition coefficient (Wildman–Crippen LogP) is 3.19. The summed E-state index contributed by atoms with van der Waals surface area (Å²) >= 11 is 0. The van der Waals surface area contributed by atoms with Crippen LogP contribution in [0.5, 0.6) is 0 Å². The van der Waals surface area contributed by atoms with E-state index in [0.29, 0.717) is 30.8 Å². The fourth-order valence-electron chi connectivity index (χ4n) is 3.13. The second kappa shape index (κ2) is 6.53. The van der Waals surface area contributed by atoms with Crippen molar-refractivity contribution in [2.24, 2.45) is 23.3 Å². The average Bonchev–Trinajstić information content (AvgIpc) is 2.37. The zero-order chi connectivity index (χ0) is 14.7. The van der Waals surface area contributed by atoms with Crippen LogP contribution in [-0.4, -0.2) is 13.1 Å². The SMILES string of the molecule is Cc1cc(C)c(C)c(C(C)C(C)C(CN)CN)c1C. The predicted molar refractivity (Wildman–Crippen MR) is 84.6 cm³/mol. The van der Waals surface area contributed by atoms with Crippen LogP contribution in [0, 0.1) is 39.5 Å². The van der Waals surface area contributed by atoms with E-state index in [0.717, 1.165) is 0 Å². The Labute approximate surface area is 118 Å². The smallest absolute Gasteiger partial charge is 0.00340 e. The number of hydrogen-bond donors (Lipinski definition) is 2. The molecule has 0 radical (unpaired) electrons. The summed E-state index contributed by atoms with van der Waals surface area (Å²) in [5, 5.41) is 0. The van der Waals surface area contributed by atoms with Gasteiger partial charge in [0.1, 0.15) is 0 Å². The highest BCUT2D eigenvalue weighted by Gasteiger charge is 2.25. The maximum Gasteiger partial charge on any atom is -0.00340 e. The Morgan fingerprint density at radius 2 is 1.32 bits per heavy atom. The molecule has 0 amide bonds. The molecule has 0 aromatic heterocycles. The van der Waals surface area contributed by atoms with E-state index in [1.807, 2.05) is 0 Å². The first-order valence-corrected chi connectivity index (χ1v) is 7.32. The van der Waals surface area contributed by atoms with Gasteiger partial charge in [0.2, 0.25) is 0 Å². The van der Waals surface area contributed by atoms with Crippen molar-refractivity contribution in [3.8, 4) is 0 Å². The molecule has 0 fully saturated rings. The fraction of sp³-hybridized carbons (Fsp3) is 0.647. The van der Waals surface area contributed by atoms with Crippen molar-refractivity contribution in [2.75, 3.05) is 13.1 Å². The maximum atomic E-state index is 5.86. The highest BCUT2D eigenvalue weighted by Crippen LogP contribution is 2.35. The van der Waals surface area contributed by atoms with Gasteiger partial charge in [-0.05, 0) is 86.4 Å². The minimum atomic E-state index is 0.398. The van der Waals surface area contributed by atoms with Crippen molar-refractivity contribution in [3.05, 3.63) is 33.9 Å². The Kier molecular flexibility index (Phi) is 5.57. The largest absolute Gasteiger partial charge is 0.330 e. The lowest BCUT2D eigenvalue weighted by Crippen LogP contribution is -2.32. The molecule has 0 aliphatic carbocycles. The first-order chi connectivity index (χ1) is 8.84. The van der Waals surface area contributed by atoms with Crippen molar-refractivity contribution >= 4 is 0 Å². The molecule has 1 aromatic carbocycles. The zero-order valence-corrected chi connectivity index (χ0v) is 13.4. The third kappa shape index (κ3) is 3.18. The van der Waals surface area contributed by atoms with Crippen LogP contribution in [0.4, 0.5) is 0 Å². The topological polar surface area (TPSA) is 52.0 Å². The minimum absolute atomic E-state index is 0.398. The molecule has 2 atom stereocenters. The van der Waals surface area contributed by atoms with E-state index >= 15 is 0 Å². The van der Waals surface area contributed by atoms with Gasteiger partial charge in [0.05, 0.1) is 0 Å². The van der Waals surface area contributed by atoms with Gasteiger partial charge >= 0.3 is 0 Å². The quantitative estimate of drug-likeness (QED) is 0.856. The Bertz CT molecular complexity index is 407. The van der Waals surface area contributed by atoms with Gasteiger partial charge in [-0.25, -0.2) is 0 Å². The van der Waals surface area contributed by atoms with Crippen LogP contribution < -0.4 is 11.5 Å². The van der Waals surface area contributed by atoms with Crippen LogP contribution in [0.15, 0.2) is 6.07 Å². The number of nitrogens with two attached hydrogens (primary N) is 2. The van der Waals surface area contributed by atoms with Gasteiger partial charge in [0.25, 0.3) is 0 Å². The Morgan fingerprint density at radius 1 is 0.895 bits per heavy atom. The van der Waals surface area contributed by atoms with Crippen molar-refractivity contribution < 1.29 is 0 Å². The molecule has 0 aliphatic rings. The summed E-state index contributed by atoms with van der Waals surface area (Å²) in [5.74, 6) is 1.40. The van der Waals surface area contributed by atoms with E-state index in [1.165, 1.54) is 27.8 Å². The van der Waals surface area contributed by atoms with Gasteiger partial charge in [-0.2, -0.15) is 0 Å². The number of hydrogen-bond acceptors (Lipinski definition) is 2. The molecule has 4 N–H and O–H groups in total. The van der Waals surface area contributed by atoms with Crippen LogP contribution in [0.1, 0.15) is 47.6 Å². The van der Waals surface area contributed by atoms with Crippen molar-refractivity contribution in [1.82, 2.24) is 0 Å². The van der Waals surface area contributed by atoms with Crippen LogP contribution in [0.3, 0.4) is 0 Å². The Hall–Kier alpha value is -0.860. The maximum absolute atomic E-state index is 5.86. The fourth-order valence-corrected chi connectivity index (χ4v) is 3.13. The first kappa shape index (κ1) is 16.2. The molecule has 0 heterocycles. The average molecular weight is 262 g/mol. The number of benzene rings is 1. The molecule has 108 valence electrons. The monoisotopic (exact) mass is 262 g/mol. The van der Waals surface area contributed by atoms with E-state index in [9.17, 15) is 0 Å². The lowest BCUT2D eigenvalue weighted by Gasteiger charge is -2.30. The van der Waals surface area contributed by atoms with Crippen LogP contribution in [0.2, 0.25) is 0 Å². The number of rotatable bonds is 5. The van der Waals surface area contributed by atoms with E-state index in [1.54, 1.807) is 0 Å². The summed E-state index contributed by atoms with van der Waals surface area (Å²) in [6, 6.07) is 2.29. The molecular formula is C17H30N2. The molecule has 0 saturated heterocycles. The van der Waals surface area contributed by atoms with Gasteiger partial charge < -0.3 is 11.5 Å². The van der Waals surface area contributed by atoms with Gasteiger partial charge in [-0.3, -0.25) is 0 Å². The first-order valence-electron chi connectivity index (χ1n) is 7.32. The molecule has 19 heavy (non-hydrogen) atoms. The molecule has 0 spiro atoms. The summed E-state index contributed by atoms with van der Waals surface area (Å²) < 4.78 is 0. The van der Waals surface area contributed by atoms with E-state index in [-0.39, 0.29) is 0 Å². The highest BCUT2D eigenvalue weighted by molar-refractivity contribution is 5.46. The van der Waals surface area contributed by atoms with Gasteiger partial charge in [-0.15, -0.1) is 0 Å². The molecule has 0 saturated carbocycles. The zero-order valence-electron chi connectivity index (χ0n) is 13.4. The molecule has 2 heteroatoms. The summed E-state index contributed by atoms with van der Waals surface area (Å²) in [7, 11) is 0. The van der Waals surface area contributed by atoms with Crippen LogP contribution >= 0.6 is 0 Å². The Balaban J connectivity index is 3.22. The number of aryl methyl sites for hydroxylation is 2. The van der Waals surface area contributed by atoms with Crippen molar-refractivity contribution in [1.29, 1.82) is 0 Å². The molecule has 0 aliphatic heterocycles. The molecule has 2 nitrogen and oxygen atoms in total. The van der Waals surface area contributed by atoms with E-state index in [4.69, 9.17) is 11.5 Å². The minimum Gasteiger partial charge on any atom is -0.330 e. The van der Waals surface area contributed by atoms with E-state index < -0.39 is 0 Å². The third-order valence-electron chi connectivity index (χ3n) is 5.02. The lowest BCUT2D eigenvalue weighted by atomic mass is 9.76. The van der Waals surface area contributed by atoms with Crippen LogP contribution in [-0.2, 0) is 0 Å². The second-order valence-corrected chi connectivity index (χ2v) is 6.05. The molecule has 1 aromatic rings. The van der Waals surface area contributed by atoms with E-state index in [2.05, 4.69) is 47.6 Å². The summed E-state index contributed by atoms with van der Waals surface area (Å²) in [6.07, 6.45) is 0. The molecule has 2 unspecified atom stereocenters. The second-order valence-electron chi connectivity index (χ2n) is 6.05. The standard InChI is InChI=1S/C17H30N2/c1-10-7-11(2)13(4)17(12(10)3)15(6)14(5)16(8-18)9-19/h7,14-16H,8-9,18-19H2,1-6H3.